The van der Waals surface area contributed by atoms with Crippen LogP contribution in [0.5, 0.6) is 0 Å². The number of halogens is 1. The van der Waals surface area contributed by atoms with E-state index in [-0.39, 0.29) is 5.97 Å². The van der Waals surface area contributed by atoms with E-state index in [2.05, 4.69) is 0 Å². The zero-order valence-electron chi connectivity index (χ0n) is 6.83. The molecule has 0 fully saturated rings. The molecule has 0 bridgehead atoms. The summed E-state index contributed by atoms with van der Waals surface area (Å²) in [4.78, 5) is 11.7. The highest BCUT2D eigenvalue weighted by Crippen LogP contribution is 2.24. The fourth-order valence-electron chi connectivity index (χ4n) is 0.748. The van der Waals surface area contributed by atoms with Gasteiger partial charge in [0, 0.05) is 0 Å². The summed E-state index contributed by atoms with van der Waals surface area (Å²) in [6.45, 7) is 2.11. The molecule has 0 aliphatic rings. The van der Waals surface area contributed by atoms with Crippen molar-refractivity contribution in [1.82, 2.24) is 0 Å². The topological polar surface area (TPSA) is 50.1 Å². The number of nitrogens with zero attached hydrogens (tertiary/aromatic N) is 1. The van der Waals surface area contributed by atoms with Crippen molar-refractivity contribution < 1.29 is 9.53 Å². The molecule has 0 saturated heterocycles. The second-order valence-corrected chi connectivity index (χ2v) is 4.99. The van der Waals surface area contributed by atoms with Gasteiger partial charge in [-0.2, -0.15) is 5.26 Å². The summed E-state index contributed by atoms with van der Waals surface area (Å²) in [7, 11) is 0. The molecule has 0 amide bonds. The Kier molecular flexibility index (Phi) is 3.69. The highest BCUT2D eigenvalue weighted by atomic mass is 127. The van der Waals surface area contributed by atoms with Crippen LogP contribution in [-0.4, -0.2) is 12.6 Å². The molecule has 68 valence electrons. The molecule has 0 aliphatic carbocycles. The Labute approximate surface area is 93.5 Å². The van der Waals surface area contributed by atoms with E-state index in [1.807, 2.05) is 28.7 Å². The van der Waals surface area contributed by atoms with Crippen molar-refractivity contribution >= 4 is 39.9 Å². The van der Waals surface area contributed by atoms with Crippen molar-refractivity contribution in [3.05, 3.63) is 19.4 Å². The van der Waals surface area contributed by atoms with E-state index in [1.165, 1.54) is 11.3 Å². The quantitative estimate of drug-likeness (QED) is 0.623. The first kappa shape index (κ1) is 10.5. The van der Waals surface area contributed by atoms with E-state index >= 15 is 0 Å². The highest BCUT2D eigenvalue weighted by molar-refractivity contribution is 14.1. The molecule has 1 heterocycles. The second-order valence-electron chi connectivity index (χ2n) is 2.13. The maximum absolute atomic E-state index is 11.2. The van der Waals surface area contributed by atoms with E-state index in [9.17, 15) is 4.79 Å². The molecule has 1 rings (SSSR count). The molecule has 3 nitrogen and oxygen atoms in total. The third kappa shape index (κ3) is 2.42. The summed E-state index contributed by atoms with van der Waals surface area (Å²) in [6.07, 6.45) is 0. The van der Waals surface area contributed by atoms with Gasteiger partial charge in [0.25, 0.3) is 0 Å². The molecule has 0 saturated carbocycles. The Morgan fingerprint density at radius 1 is 1.85 bits per heavy atom. The van der Waals surface area contributed by atoms with Crippen molar-refractivity contribution in [1.29, 1.82) is 5.26 Å². The molecule has 0 unspecified atom stereocenters. The molecular weight excluding hydrogens is 301 g/mol. The lowest BCUT2D eigenvalue weighted by Gasteiger charge is -1.95. The summed E-state index contributed by atoms with van der Waals surface area (Å²) >= 11 is 3.31. The van der Waals surface area contributed by atoms with Crippen LogP contribution in [0.2, 0.25) is 0 Å². The van der Waals surface area contributed by atoms with Gasteiger partial charge in [-0.15, -0.1) is 11.3 Å². The Morgan fingerprint density at radius 2 is 2.54 bits per heavy atom. The Balaban J connectivity index is 2.92. The summed E-state index contributed by atoms with van der Waals surface area (Å²) in [5.74, 6) is -0.355. The summed E-state index contributed by atoms with van der Waals surface area (Å²) in [5.41, 5.74) is 0.536. The normalized spacial score (nSPS) is 9.31. The lowest BCUT2D eigenvalue weighted by Crippen LogP contribution is -2.01. The number of rotatable bonds is 2. The number of hydrogen-bond donors (Lipinski definition) is 0. The number of ether oxygens (including phenoxy) is 1. The van der Waals surface area contributed by atoms with Crippen molar-refractivity contribution in [2.45, 2.75) is 6.92 Å². The Morgan fingerprint density at radius 3 is 3.00 bits per heavy atom. The van der Waals surface area contributed by atoms with E-state index in [4.69, 9.17) is 10.00 Å². The number of esters is 1. The molecular formula is C8H6INO2S. The van der Waals surface area contributed by atoms with Gasteiger partial charge in [-0.05, 0) is 35.6 Å². The minimum absolute atomic E-state index is 0.355. The first-order valence-corrected chi connectivity index (χ1v) is 5.45. The smallest absolute Gasteiger partial charge is 0.348 e. The van der Waals surface area contributed by atoms with Crippen LogP contribution in [0, 0.1) is 14.2 Å². The van der Waals surface area contributed by atoms with Gasteiger partial charge < -0.3 is 4.74 Å². The number of hydrogen-bond acceptors (Lipinski definition) is 4. The largest absolute Gasteiger partial charge is 0.462 e. The van der Waals surface area contributed by atoms with Crippen LogP contribution in [0.25, 0.3) is 0 Å². The molecule has 0 spiro atoms. The summed E-state index contributed by atoms with van der Waals surface area (Å²) < 4.78 is 5.62. The SMILES string of the molecule is CCOC(=O)c1cc(C#N)c(I)s1. The minimum Gasteiger partial charge on any atom is -0.462 e. The van der Waals surface area contributed by atoms with Gasteiger partial charge in [0.05, 0.1) is 15.1 Å². The highest BCUT2D eigenvalue weighted by Gasteiger charge is 2.13. The van der Waals surface area contributed by atoms with Gasteiger partial charge in [-0.25, -0.2) is 4.79 Å². The van der Waals surface area contributed by atoms with Crippen molar-refractivity contribution in [3.8, 4) is 6.07 Å². The lowest BCUT2D eigenvalue weighted by molar-refractivity contribution is 0.0532. The van der Waals surface area contributed by atoms with Crippen LogP contribution in [0.15, 0.2) is 6.07 Å². The maximum atomic E-state index is 11.2. The number of thiophene rings is 1. The first-order valence-electron chi connectivity index (χ1n) is 3.55. The Bertz CT molecular complexity index is 367. The predicted molar refractivity (Wildman–Crippen MR) is 57.7 cm³/mol. The molecule has 0 N–H and O–H groups in total. The molecule has 0 atom stereocenters. The van der Waals surface area contributed by atoms with Crippen LogP contribution in [-0.2, 0) is 4.74 Å². The summed E-state index contributed by atoms with van der Waals surface area (Å²) in [5, 5.41) is 8.64. The average molecular weight is 307 g/mol. The first-order chi connectivity index (χ1) is 6.19. The van der Waals surface area contributed by atoms with Gasteiger partial charge in [-0.3, -0.25) is 0 Å². The molecule has 5 heteroatoms. The monoisotopic (exact) mass is 307 g/mol. The zero-order valence-corrected chi connectivity index (χ0v) is 9.81. The minimum atomic E-state index is -0.355. The fourth-order valence-corrected chi connectivity index (χ4v) is 2.46. The van der Waals surface area contributed by atoms with Crippen LogP contribution in [0.1, 0.15) is 22.2 Å². The number of nitriles is 1. The lowest BCUT2D eigenvalue weighted by atomic mass is 10.3. The van der Waals surface area contributed by atoms with Crippen LogP contribution >= 0.6 is 33.9 Å². The van der Waals surface area contributed by atoms with Crippen LogP contribution in [0.3, 0.4) is 0 Å². The third-order valence-corrected chi connectivity index (χ3v) is 3.43. The molecule has 0 aliphatic heterocycles. The Hall–Kier alpha value is -0.610. The standard InChI is InChI=1S/C8H6INO2S/c1-2-12-8(11)6-3-5(4-10)7(9)13-6/h3H,2H2,1H3. The summed E-state index contributed by atoms with van der Waals surface area (Å²) in [6, 6.07) is 3.57. The van der Waals surface area contributed by atoms with Crippen molar-refractivity contribution in [3.63, 3.8) is 0 Å². The van der Waals surface area contributed by atoms with E-state index in [0.717, 1.165) is 2.88 Å². The van der Waals surface area contributed by atoms with Gasteiger partial charge >= 0.3 is 5.97 Å². The van der Waals surface area contributed by atoms with E-state index < -0.39 is 0 Å². The van der Waals surface area contributed by atoms with Crippen molar-refractivity contribution in [2.75, 3.05) is 6.61 Å². The number of carbonyl (C=O) groups is 1. The average Bonchev–Trinajstić information content (AvgIpc) is 2.47. The number of carbonyl (C=O) groups excluding carboxylic acids is 1. The zero-order chi connectivity index (χ0) is 9.84. The third-order valence-electron chi connectivity index (χ3n) is 1.28. The van der Waals surface area contributed by atoms with E-state index in [1.54, 1.807) is 13.0 Å². The molecule has 1 aromatic heterocycles. The van der Waals surface area contributed by atoms with E-state index in [0.29, 0.717) is 17.0 Å². The van der Waals surface area contributed by atoms with Gasteiger partial charge in [0.1, 0.15) is 10.9 Å². The maximum Gasteiger partial charge on any atom is 0.348 e. The molecule has 0 aromatic carbocycles. The van der Waals surface area contributed by atoms with Crippen LogP contribution < -0.4 is 0 Å². The van der Waals surface area contributed by atoms with Gasteiger partial charge in [0.15, 0.2) is 0 Å². The predicted octanol–water partition coefficient (Wildman–Crippen LogP) is 2.40. The van der Waals surface area contributed by atoms with Gasteiger partial charge in [-0.1, -0.05) is 0 Å². The molecule has 0 radical (unpaired) electrons. The fraction of sp³-hybridized carbons (Fsp3) is 0.250. The second kappa shape index (κ2) is 4.58. The van der Waals surface area contributed by atoms with Crippen molar-refractivity contribution in [2.24, 2.45) is 0 Å². The molecule has 13 heavy (non-hydrogen) atoms. The van der Waals surface area contributed by atoms with Crippen LogP contribution in [0.4, 0.5) is 0 Å². The molecule has 1 aromatic rings. The van der Waals surface area contributed by atoms with Gasteiger partial charge in [0.2, 0.25) is 0 Å².